The number of thiazole rings is 1. The molecule has 0 aliphatic heterocycles. The molecular weight excluding hydrogens is 428 g/mol. The molecule has 4 rings (SSSR count). The van der Waals surface area contributed by atoms with Crippen molar-refractivity contribution in [2.75, 3.05) is 18.6 Å². The molecule has 8 nitrogen and oxygen atoms in total. The molecule has 1 aliphatic rings. The molecule has 0 bridgehead atoms. The summed E-state index contributed by atoms with van der Waals surface area (Å²) in [6, 6.07) is 4.81. The highest BCUT2D eigenvalue weighted by Gasteiger charge is 2.40. The summed E-state index contributed by atoms with van der Waals surface area (Å²) in [4.78, 5) is 22.8. The van der Waals surface area contributed by atoms with Crippen molar-refractivity contribution in [3.8, 4) is 11.6 Å². The van der Waals surface area contributed by atoms with E-state index in [0.717, 1.165) is 22.1 Å². The van der Waals surface area contributed by atoms with Crippen LogP contribution in [0.25, 0.3) is 0 Å². The van der Waals surface area contributed by atoms with Crippen LogP contribution in [0.2, 0.25) is 0 Å². The van der Waals surface area contributed by atoms with Gasteiger partial charge in [0.15, 0.2) is 0 Å². The van der Waals surface area contributed by atoms with E-state index in [0.29, 0.717) is 18.2 Å². The number of aryl methyl sites for hydroxylation is 2. The highest BCUT2D eigenvalue weighted by atomic mass is 32.1. The van der Waals surface area contributed by atoms with Crippen molar-refractivity contribution in [1.82, 2.24) is 19.7 Å². The smallest absolute Gasteiger partial charge is 0.387 e. The van der Waals surface area contributed by atoms with Gasteiger partial charge in [0.2, 0.25) is 5.88 Å². The average Bonchev–Trinajstić information content (AvgIpc) is 3.38. The Morgan fingerprint density at radius 2 is 2.13 bits per heavy atom. The van der Waals surface area contributed by atoms with E-state index in [1.165, 1.54) is 28.3 Å². The number of ether oxygens (including phenoxy) is 2. The summed E-state index contributed by atoms with van der Waals surface area (Å²) in [5, 5.41) is 5.95. The van der Waals surface area contributed by atoms with Crippen LogP contribution in [0.3, 0.4) is 0 Å². The van der Waals surface area contributed by atoms with Crippen molar-refractivity contribution in [2.24, 2.45) is 13.0 Å². The van der Waals surface area contributed by atoms with Crippen LogP contribution in [0.1, 0.15) is 23.0 Å². The standard InChI is InChI=1S/C20H21F2N5O3S/c1-11-23-9-18(31-11)26(2)16-7-17(25-27(3)19(16)28)29-10-12-6-14(12)15-5-4-13(8-24-15)30-20(21)22/h4-5,7-9,12,14,20H,6,10H2,1-3H3/t12-,14+/m1/s1. The van der Waals surface area contributed by atoms with Crippen LogP contribution in [0.5, 0.6) is 11.6 Å². The molecule has 3 aromatic rings. The number of hydrogen-bond acceptors (Lipinski definition) is 8. The van der Waals surface area contributed by atoms with Crippen LogP contribution in [-0.4, -0.2) is 40.0 Å². The van der Waals surface area contributed by atoms with Crippen LogP contribution >= 0.6 is 11.3 Å². The number of alkyl halides is 2. The summed E-state index contributed by atoms with van der Waals surface area (Å²) < 4.78 is 35.9. The molecule has 11 heteroatoms. The third kappa shape index (κ3) is 4.82. The van der Waals surface area contributed by atoms with Gasteiger partial charge in [-0.25, -0.2) is 9.67 Å². The predicted octanol–water partition coefficient (Wildman–Crippen LogP) is 3.49. The molecule has 0 amide bonds. The van der Waals surface area contributed by atoms with Gasteiger partial charge in [-0.05, 0) is 25.5 Å². The number of rotatable bonds is 8. The number of anilines is 2. The minimum Gasteiger partial charge on any atom is -0.476 e. The SMILES string of the molecule is Cc1ncc(N(C)c2cc(OC[C@H]3C[C@@H]3c3ccc(OC(F)F)cn3)nn(C)c2=O)s1. The molecule has 1 aliphatic carbocycles. The molecule has 0 spiro atoms. The van der Waals surface area contributed by atoms with Gasteiger partial charge in [0.1, 0.15) is 16.4 Å². The van der Waals surface area contributed by atoms with E-state index in [-0.39, 0.29) is 23.1 Å². The fourth-order valence-electron chi connectivity index (χ4n) is 3.27. The minimum absolute atomic E-state index is 0.0365. The van der Waals surface area contributed by atoms with Crippen molar-refractivity contribution in [3.05, 3.63) is 51.6 Å². The maximum Gasteiger partial charge on any atom is 0.387 e. The fourth-order valence-corrected chi connectivity index (χ4v) is 4.02. The molecule has 3 aromatic heterocycles. The maximum absolute atomic E-state index is 12.5. The highest BCUT2D eigenvalue weighted by molar-refractivity contribution is 7.15. The monoisotopic (exact) mass is 449 g/mol. The Morgan fingerprint density at radius 3 is 2.77 bits per heavy atom. The lowest BCUT2D eigenvalue weighted by Gasteiger charge is -2.17. The van der Waals surface area contributed by atoms with Crippen molar-refractivity contribution in [3.63, 3.8) is 0 Å². The first-order chi connectivity index (χ1) is 14.8. The van der Waals surface area contributed by atoms with Crippen LogP contribution in [-0.2, 0) is 7.05 Å². The van der Waals surface area contributed by atoms with Gasteiger partial charge in [0.05, 0.1) is 24.0 Å². The van der Waals surface area contributed by atoms with Crippen LogP contribution < -0.4 is 19.9 Å². The van der Waals surface area contributed by atoms with E-state index in [1.54, 1.807) is 37.3 Å². The van der Waals surface area contributed by atoms with Crippen LogP contribution in [0, 0.1) is 12.8 Å². The fraction of sp³-hybridized carbons (Fsp3) is 0.400. The first-order valence-corrected chi connectivity index (χ1v) is 10.4. The van der Waals surface area contributed by atoms with E-state index >= 15 is 0 Å². The number of halogens is 2. The van der Waals surface area contributed by atoms with Crippen LogP contribution in [0.4, 0.5) is 19.5 Å². The number of hydrogen-bond donors (Lipinski definition) is 0. The first kappa shape index (κ1) is 21.2. The van der Waals surface area contributed by atoms with Crippen molar-refractivity contribution >= 4 is 22.0 Å². The van der Waals surface area contributed by atoms with Gasteiger partial charge in [-0.15, -0.1) is 16.4 Å². The molecule has 2 atom stereocenters. The summed E-state index contributed by atoms with van der Waals surface area (Å²) in [5.41, 5.74) is 1.02. The van der Waals surface area contributed by atoms with E-state index in [1.807, 2.05) is 6.92 Å². The second-order valence-corrected chi connectivity index (χ2v) is 8.50. The van der Waals surface area contributed by atoms with E-state index in [9.17, 15) is 13.6 Å². The molecule has 1 saturated carbocycles. The Balaban J connectivity index is 1.40. The Bertz CT molecular complexity index is 1120. The Morgan fingerprint density at radius 1 is 1.32 bits per heavy atom. The van der Waals surface area contributed by atoms with Gasteiger partial charge in [0, 0.05) is 37.7 Å². The summed E-state index contributed by atoms with van der Waals surface area (Å²) in [6.45, 7) is -0.551. The number of pyridine rings is 1. The zero-order chi connectivity index (χ0) is 22.1. The van der Waals surface area contributed by atoms with Gasteiger partial charge in [-0.1, -0.05) is 0 Å². The lowest BCUT2D eigenvalue weighted by atomic mass is 10.2. The first-order valence-electron chi connectivity index (χ1n) is 9.60. The van der Waals surface area contributed by atoms with Crippen LogP contribution in [0.15, 0.2) is 35.4 Å². The molecule has 0 aromatic carbocycles. The lowest BCUT2D eigenvalue weighted by Crippen LogP contribution is -2.27. The zero-order valence-electron chi connectivity index (χ0n) is 17.2. The third-order valence-corrected chi connectivity index (χ3v) is 6.04. The molecule has 0 N–H and O–H groups in total. The van der Waals surface area contributed by atoms with E-state index in [2.05, 4.69) is 19.8 Å². The van der Waals surface area contributed by atoms with Crippen molar-refractivity contribution < 1.29 is 18.3 Å². The van der Waals surface area contributed by atoms with E-state index in [4.69, 9.17) is 4.74 Å². The third-order valence-electron chi connectivity index (χ3n) is 5.05. The molecule has 1 fully saturated rings. The van der Waals surface area contributed by atoms with E-state index < -0.39 is 6.61 Å². The van der Waals surface area contributed by atoms with Gasteiger partial charge in [-0.2, -0.15) is 8.78 Å². The Labute approximate surface area is 181 Å². The van der Waals surface area contributed by atoms with Gasteiger partial charge < -0.3 is 14.4 Å². The van der Waals surface area contributed by atoms with Gasteiger partial charge >= 0.3 is 6.61 Å². The molecule has 31 heavy (non-hydrogen) atoms. The van der Waals surface area contributed by atoms with Crippen molar-refractivity contribution in [1.29, 1.82) is 0 Å². The van der Waals surface area contributed by atoms with Gasteiger partial charge in [0.25, 0.3) is 5.56 Å². The van der Waals surface area contributed by atoms with Crippen molar-refractivity contribution in [2.45, 2.75) is 25.9 Å². The summed E-state index contributed by atoms with van der Waals surface area (Å²) in [5.74, 6) is 0.813. The minimum atomic E-state index is -2.87. The average molecular weight is 449 g/mol. The Kier molecular flexibility index (Phi) is 5.86. The second kappa shape index (κ2) is 8.58. The molecular formula is C20H21F2N5O3S. The number of nitrogens with zero attached hydrogens (tertiary/aromatic N) is 5. The summed E-state index contributed by atoms with van der Waals surface area (Å²) >= 11 is 1.49. The second-order valence-electron chi connectivity index (χ2n) is 7.28. The topological polar surface area (TPSA) is 82.4 Å². The highest BCUT2D eigenvalue weighted by Crippen LogP contribution is 2.47. The van der Waals surface area contributed by atoms with Gasteiger partial charge in [-0.3, -0.25) is 9.78 Å². The lowest BCUT2D eigenvalue weighted by molar-refractivity contribution is -0.0500. The predicted molar refractivity (Wildman–Crippen MR) is 112 cm³/mol. The molecule has 3 heterocycles. The summed E-state index contributed by atoms with van der Waals surface area (Å²) in [7, 11) is 3.38. The Hall–Kier alpha value is -3.08. The largest absolute Gasteiger partial charge is 0.476 e. The quantitative estimate of drug-likeness (QED) is 0.521. The molecule has 0 unspecified atom stereocenters. The molecule has 0 saturated heterocycles. The number of aromatic nitrogens is 4. The maximum atomic E-state index is 12.5. The normalized spacial score (nSPS) is 17.6. The molecule has 164 valence electrons. The zero-order valence-corrected chi connectivity index (χ0v) is 18.0. The molecule has 0 radical (unpaired) electrons. The summed E-state index contributed by atoms with van der Waals surface area (Å²) in [6.07, 6.45) is 3.90.